The molecule has 20 heavy (non-hydrogen) atoms. The molecule has 106 valence electrons. The summed E-state index contributed by atoms with van der Waals surface area (Å²) in [7, 11) is 0. The molecule has 3 heteroatoms. The van der Waals surface area contributed by atoms with E-state index in [4.69, 9.17) is 10.7 Å². The number of hydrogen-bond acceptors (Lipinski definition) is 3. The van der Waals surface area contributed by atoms with Crippen molar-refractivity contribution < 1.29 is 0 Å². The number of pyridine rings is 1. The van der Waals surface area contributed by atoms with Crippen molar-refractivity contribution in [3.8, 4) is 0 Å². The SMILES string of the molecule is Cc1ccc2cc(CCCN)c(N3CCCC3)nc2c1. The van der Waals surface area contributed by atoms with Crippen LogP contribution in [0.5, 0.6) is 0 Å². The van der Waals surface area contributed by atoms with E-state index in [9.17, 15) is 0 Å². The number of nitrogens with two attached hydrogens (primary N) is 1. The summed E-state index contributed by atoms with van der Waals surface area (Å²) in [6.07, 6.45) is 4.62. The molecule has 0 radical (unpaired) electrons. The normalized spacial score (nSPS) is 15.2. The standard InChI is InChI=1S/C17H23N3/c1-13-6-7-14-12-15(5-4-8-18)17(19-16(14)11-13)20-9-2-3-10-20/h6-7,11-12H,2-5,8-10,18H2,1H3. The number of nitrogens with zero attached hydrogens (tertiary/aromatic N) is 2. The summed E-state index contributed by atoms with van der Waals surface area (Å²) >= 11 is 0. The molecular formula is C17H23N3. The zero-order chi connectivity index (χ0) is 13.9. The van der Waals surface area contributed by atoms with Gasteiger partial charge >= 0.3 is 0 Å². The Balaban J connectivity index is 2.06. The van der Waals surface area contributed by atoms with E-state index in [2.05, 4.69) is 36.1 Å². The van der Waals surface area contributed by atoms with Crippen molar-refractivity contribution in [2.24, 2.45) is 5.73 Å². The predicted molar refractivity (Wildman–Crippen MR) is 85.3 cm³/mol. The van der Waals surface area contributed by atoms with Crippen LogP contribution in [0.25, 0.3) is 10.9 Å². The molecule has 1 aliphatic heterocycles. The first-order valence-electron chi connectivity index (χ1n) is 7.63. The number of benzene rings is 1. The first-order valence-corrected chi connectivity index (χ1v) is 7.63. The minimum absolute atomic E-state index is 0.741. The van der Waals surface area contributed by atoms with E-state index in [0.29, 0.717) is 0 Å². The van der Waals surface area contributed by atoms with Crippen LogP contribution in [0, 0.1) is 6.92 Å². The van der Waals surface area contributed by atoms with Gasteiger partial charge in [-0.15, -0.1) is 0 Å². The number of hydrogen-bond donors (Lipinski definition) is 1. The zero-order valence-electron chi connectivity index (χ0n) is 12.2. The molecule has 0 unspecified atom stereocenters. The van der Waals surface area contributed by atoms with Crippen LogP contribution in [-0.2, 0) is 6.42 Å². The summed E-state index contributed by atoms with van der Waals surface area (Å²) in [6.45, 7) is 5.14. The lowest BCUT2D eigenvalue weighted by Crippen LogP contribution is -2.21. The summed E-state index contributed by atoms with van der Waals surface area (Å²) in [5.41, 5.74) is 9.42. The minimum Gasteiger partial charge on any atom is -0.356 e. The van der Waals surface area contributed by atoms with Crippen molar-refractivity contribution in [1.29, 1.82) is 0 Å². The van der Waals surface area contributed by atoms with E-state index in [1.54, 1.807) is 0 Å². The molecule has 2 N–H and O–H groups in total. The Morgan fingerprint density at radius 2 is 2.00 bits per heavy atom. The summed E-state index contributed by atoms with van der Waals surface area (Å²) in [6, 6.07) is 8.83. The third-order valence-electron chi connectivity index (χ3n) is 4.09. The fourth-order valence-corrected chi connectivity index (χ4v) is 2.99. The highest BCUT2D eigenvalue weighted by atomic mass is 15.2. The smallest absolute Gasteiger partial charge is 0.132 e. The fraction of sp³-hybridized carbons (Fsp3) is 0.471. The Bertz CT molecular complexity index is 600. The number of anilines is 1. The second-order valence-electron chi connectivity index (χ2n) is 5.75. The second kappa shape index (κ2) is 5.80. The molecule has 2 heterocycles. The quantitative estimate of drug-likeness (QED) is 0.927. The average molecular weight is 269 g/mol. The first-order chi connectivity index (χ1) is 9.78. The van der Waals surface area contributed by atoms with Crippen molar-refractivity contribution in [2.45, 2.75) is 32.6 Å². The Morgan fingerprint density at radius 1 is 1.20 bits per heavy atom. The van der Waals surface area contributed by atoms with E-state index in [-0.39, 0.29) is 0 Å². The summed E-state index contributed by atoms with van der Waals surface area (Å²) < 4.78 is 0. The number of aromatic nitrogens is 1. The molecule has 0 amide bonds. The molecule has 0 bridgehead atoms. The topological polar surface area (TPSA) is 42.1 Å². The van der Waals surface area contributed by atoms with Crippen molar-refractivity contribution in [1.82, 2.24) is 4.98 Å². The van der Waals surface area contributed by atoms with Crippen LogP contribution in [0.3, 0.4) is 0 Å². The molecule has 1 aliphatic rings. The van der Waals surface area contributed by atoms with Crippen LogP contribution in [-0.4, -0.2) is 24.6 Å². The maximum Gasteiger partial charge on any atom is 0.132 e. The average Bonchev–Trinajstić information content (AvgIpc) is 2.98. The Kier molecular flexibility index (Phi) is 3.88. The molecule has 0 saturated carbocycles. The Hall–Kier alpha value is -1.61. The molecule has 1 fully saturated rings. The molecule has 0 atom stereocenters. The van der Waals surface area contributed by atoms with Crippen LogP contribution >= 0.6 is 0 Å². The number of rotatable bonds is 4. The van der Waals surface area contributed by atoms with E-state index in [0.717, 1.165) is 38.0 Å². The predicted octanol–water partition coefficient (Wildman–Crippen LogP) is 3.03. The van der Waals surface area contributed by atoms with Crippen LogP contribution < -0.4 is 10.6 Å². The van der Waals surface area contributed by atoms with Gasteiger partial charge in [0.2, 0.25) is 0 Å². The number of aryl methyl sites for hydroxylation is 2. The van der Waals surface area contributed by atoms with Crippen LogP contribution in [0.4, 0.5) is 5.82 Å². The van der Waals surface area contributed by atoms with E-state index in [1.165, 1.54) is 35.2 Å². The molecule has 1 aromatic carbocycles. The van der Waals surface area contributed by atoms with E-state index >= 15 is 0 Å². The lowest BCUT2D eigenvalue weighted by atomic mass is 10.1. The maximum absolute atomic E-state index is 5.68. The van der Waals surface area contributed by atoms with E-state index in [1.807, 2.05) is 0 Å². The molecule has 1 saturated heterocycles. The fourth-order valence-electron chi connectivity index (χ4n) is 2.99. The third-order valence-corrected chi connectivity index (χ3v) is 4.09. The summed E-state index contributed by atoms with van der Waals surface area (Å²) in [4.78, 5) is 7.39. The Morgan fingerprint density at radius 3 is 2.75 bits per heavy atom. The van der Waals surface area contributed by atoms with Gasteiger partial charge in [0.15, 0.2) is 0 Å². The van der Waals surface area contributed by atoms with Crippen molar-refractivity contribution in [3.05, 3.63) is 35.4 Å². The second-order valence-corrected chi connectivity index (χ2v) is 5.75. The summed E-state index contributed by atoms with van der Waals surface area (Å²) in [5, 5.41) is 1.24. The Labute approximate surface area is 120 Å². The van der Waals surface area contributed by atoms with Gasteiger partial charge in [0.25, 0.3) is 0 Å². The van der Waals surface area contributed by atoms with Gasteiger partial charge in [-0.05, 0) is 62.4 Å². The highest BCUT2D eigenvalue weighted by Gasteiger charge is 2.17. The van der Waals surface area contributed by atoms with Gasteiger partial charge in [-0.1, -0.05) is 12.1 Å². The van der Waals surface area contributed by atoms with Crippen LogP contribution in [0.1, 0.15) is 30.4 Å². The highest BCUT2D eigenvalue weighted by molar-refractivity contribution is 5.82. The lowest BCUT2D eigenvalue weighted by molar-refractivity contribution is 0.818. The van der Waals surface area contributed by atoms with Gasteiger partial charge in [-0.25, -0.2) is 4.98 Å². The maximum atomic E-state index is 5.68. The molecule has 0 spiro atoms. The molecule has 1 aromatic heterocycles. The first kappa shape index (κ1) is 13.4. The zero-order valence-corrected chi connectivity index (χ0v) is 12.2. The van der Waals surface area contributed by atoms with Crippen LogP contribution in [0.15, 0.2) is 24.3 Å². The monoisotopic (exact) mass is 269 g/mol. The molecule has 0 aliphatic carbocycles. The van der Waals surface area contributed by atoms with Crippen molar-refractivity contribution in [2.75, 3.05) is 24.5 Å². The third kappa shape index (κ3) is 2.63. The molecule has 3 rings (SSSR count). The van der Waals surface area contributed by atoms with Crippen molar-refractivity contribution in [3.63, 3.8) is 0 Å². The molecule has 3 nitrogen and oxygen atoms in total. The number of fused-ring (bicyclic) bond motifs is 1. The van der Waals surface area contributed by atoms with Gasteiger partial charge in [-0.3, -0.25) is 0 Å². The van der Waals surface area contributed by atoms with Gasteiger partial charge in [0.1, 0.15) is 5.82 Å². The van der Waals surface area contributed by atoms with Gasteiger partial charge in [0.05, 0.1) is 5.52 Å². The van der Waals surface area contributed by atoms with Crippen molar-refractivity contribution >= 4 is 16.7 Å². The molecular weight excluding hydrogens is 246 g/mol. The lowest BCUT2D eigenvalue weighted by Gasteiger charge is -2.21. The van der Waals surface area contributed by atoms with Gasteiger partial charge < -0.3 is 10.6 Å². The van der Waals surface area contributed by atoms with Crippen LogP contribution in [0.2, 0.25) is 0 Å². The minimum atomic E-state index is 0.741. The summed E-state index contributed by atoms with van der Waals surface area (Å²) in [5.74, 6) is 1.19. The van der Waals surface area contributed by atoms with Gasteiger partial charge in [0, 0.05) is 18.5 Å². The largest absolute Gasteiger partial charge is 0.356 e. The molecule has 2 aromatic rings. The highest BCUT2D eigenvalue weighted by Crippen LogP contribution is 2.27. The van der Waals surface area contributed by atoms with E-state index < -0.39 is 0 Å². The van der Waals surface area contributed by atoms with Gasteiger partial charge in [-0.2, -0.15) is 0 Å².